The van der Waals surface area contributed by atoms with Crippen LogP contribution in [-0.2, 0) is 0 Å². The van der Waals surface area contributed by atoms with E-state index in [1.165, 1.54) is 19.3 Å². The summed E-state index contributed by atoms with van der Waals surface area (Å²) in [6.07, 6.45) is 5.99. The van der Waals surface area contributed by atoms with Crippen molar-refractivity contribution < 1.29 is 4.39 Å². The van der Waals surface area contributed by atoms with Crippen molar-refractivity contribution >= 4 is 15.9 Å². The van der Waals surface area contributed by atoms with Gasteiger partial charge >= 0.3 is 0 Å². The van der Waals surface area contributed by atoms with Crippen molar-refractivity contribution in [1.82, 2.24) is 5.32 Å². The molecule has 1 aliphatic rings. The van der Waals surface area contributed by atoms with Crippen molar-refractivity contribution in [2.24, 2.45) is 5.92 Å². The highest BCUT2D eigenvalue weighted by atomic mass is 79.9. The molecule has 0 aromatic heterocycles. The fourth-order valence-corrected chi connectivity index (χ4v) is 3.51. The van der Waals surface area contributed by atoms with Gasteiger partial charge in [0.1, 0.15) is 5.82 Å². The van der Waals surface area contributed by atoms with Gasteiger partial charge in [-0.2, -0.15) is 0 Å². The third-order valence-corrected chi connectivity index (χ3v) is 4.74. The van der Waals surface area contributed by atoms with E-state index in [9.17, 15) is 4.39 Å². The van der Waals surface area contributed by atoms with Gasteiger partial charge in [0, 0.05) is 0 Å². The first kappa shape index (κ1) is 15.0. The van der Waals surface area contributed by atoms with Gasteiger partial charge in [-0.3, -0.25) is 0 Å². The van der Waals surface area contributed by atoms with Crippen LogP contribution in [0.3, 0.4) is 0 Å². The molecule has 0 aliphatic heterocycles. The molecule has 1 fully saturated rings. The van der Waals surface area contributed by atoms with Crippen molar-refractivity contribution in [2.45, 2.75) is 44.9 Å². The lowest BCUT2D eigenvalue weighted by molar-refractivity contribution is 0.290. The summed E-state index contributed by atoms with van der Waals surface area (Å²) in [6.45, 7) is 4.26. The molecule has 0 heterocycles. The zero-order valence-electron chi connectivity index (χ0n) is 11.6. The lowest BCUT2D eigenvalue weighted by atomic mass is 9.75. The van der Waals surface area contributed by atoms with Crippen LogP contribution in [0, 0.1) is 11.7 Å². The summed E-state index contributed by atoms with van der Waals surface area (Å²) in [5.74, 6) is 0.884. The molecule has 19 heavy (non-hydrogen) atoms. The number of hydrogen-bond acceptors (Lipinski definition) is 1. The van der Waals surface area contributed by atoms with Gasteiger partial charge in [-0.25, -0.2) is 4.39 Å². The summed E-state index contributed by atoms with van der Waals surface area (Å²) in [5.41, 5.74) is 0.900. The maximum atomic E-state index is 14.3. The van der Waals surface area contributed by atoms with Gasteiger partial charge in [-0.05, 0) is 71.7 Å². The van der Waals surface area contributed by atoms with Crippen LogP contribution in [0.5, 0.6) is 0 Å². The maximum Gasteiger partial charge on any atom is 0.140 e. The fourth-order valence-electron chi connectivity index (χ4n) is 3.13. The predicted octanol–water partition coefficient (Wildman–Crippen LogP) is 4.86. The first-order chi connectivity index (χ1) is 9.24. The second-order valence-electron chi connectivity index (χ2n) is 5.50. The lowest BCUT2D eigenvalue weighted by Gasteiger charge is -2.32. The van der Waals surface area contributed by atoms with E-state index in [0.717, 1.165) is 31.5 Å². The van der Waals surface area contributed by atoms with Gasteiger partial charge in [0.15, 0.2) is 0 Å². The Kier molecular flexibility index (Phi) is 5.83. The molecule has 1 aromatic carbocycles. The number of hydrogen-bond donors (Lipinski definition) is 1. The number of rotatable bonds is 5. The zero-order valence-corrected chi connectivity index (χ0v) is 13.2. The zero-order chi connectivity index (χ0) is 13.7. The second kappa shape index (κ2) is 7.39. The Morgan fingerprint density at radius 3 is 2.89 bits per heavy atom. The molecule has 0 amide bonds. The predicted molar refractivity (Wildman–Crippen MR) is 82.0 cm³/mol. The van der Waals surface area contributed by atoms with Crippen molar-refractivity contribution in [3.8, 4) is 0 Å². The summed E-state index contributed by atoms with van der Waals surface area (Å²) >= 11 is 3.31. The highest BCUT2D eigenvalue weighted by Gasteiger charge is 2.28. The van der Waals surface area contributed by atoms with Crippen LogP contribution in [0.4, 0.5) is 4.39 Å². The van der Waals surface area contributed by atoms with Gasteiger partial charge in [-0.15, -0.1) is 0 Å². The lowest BCUT2D eigenvalue weighted by Crippen LogP contribution is -2.30. The van der Waals surface area contributed by atoms with Crippen LogP contribution >= 0.6 is 15.9 Å². The minimum absolute atomic E-state index is 0.0603. The Labute approximate surface area is 124 Å². The van der Waals surface area contributed by atoms with Gasteiger partial charge in [0.2, 0.25) is 0 Å². The van der Waals surface area contributed by atoms with E-state index < -0.39 is 0 Å². The number of nitrogens with one attached hydrogen (secondary N) is 1. The summed E-state index contributed by atoms with van der Waals surface area (Å²) in [4.78, 5) is 0. The first-order valence-electron chi connectivity index (χ1n) is 7.38. The molecule has 1 N–H and O–H groups in total. The summed E-state index contributed by atoms with van der Waals surface area (Å²) < 4.78 is 14.9. The molecule has 0 bridgehead atoms. The average Bonchev–Trinajstić information content (AvgIpc) is 2.43. The fraction of sp³-hybridized carbons (Fsp3) is 0.625. The van der Waals surface area contributed by atoms with Crippen LogP contribution in [0.15, 0.2) is 22.7 Å². The van der Waals surface area contributed by atoms with Crippen molar-refractivity contribution in [3.63, 3.8) is 0 Å². The summed E-state index contributed by atoms with van der Waals surface area (Å²) in [6, 6.07) is 5.70. The van der Waals surface area contributed by atoms with Crippen LogP contribution in [-0.4, -0.2) is 13.1 Å². The van der Waals surface area contributed by atoms with Crippen LogP contribution in [0.1, 0.15) is 50.5 Å². The summed E-state index contributed by atoms with van der Waals surface area (Å²) in [7, 11) is 0. The highest BCUT2D eigenvalue weighted by molar-refractivity contribution is 9.10. The minimum atomic E-state index is -0.0603. The van der Waals surface area contributed by atoms with E-state index >= 15 is 0 Å². The average molecular weight is 328 g/mol. The molecule has 0 saturated heterocycles. The molecular weight excluding hydrogens is 305 g/mol. The second-order valence-corrected chi connectivity index (χ2v) is 6.35. The first-order valence-corrected chi connectivity index (χ1v) is 8.18. The third kappa shape index (κ3) is 3.79. The monoisotopic (exact) mass is 327 g/mol. The largest absolute Gasteiger partial charge is 0.316 e. The molecule has 1 aliphatic carbocycles. The van der Waals surface area contributed by atoms with E-state index in [0.29, 0.717) is 16.3 Å². The number of benzene rings is 1. The molecule has 0 spiro atoms. The Morgan fingerprint density at radius 2 is 2.11 bits per heavy atom. The maximum absolute atomic E-state index is 14.3. The van der Waals surface area contributed by atoms with E-state index in [-0.39, 0.29) is 5.82 Å². The Morgan fingerprint density at radius 1 is 1.32 bits per heavy atom. The molecule has 2 atom stereocenters. The smallest absolute Gasteiger partial charge is 0.140 e. The van der Waals surface area contributed by atoms with E-state index in [1.807, 2.05) is 12.1 Å². The third-order valence-electron chi connectivity index (χ3n) is 4.12. The van der Waals surface area contributed by atoms with Crippen LogP contribution in [0.25, 0.3) is 0 Å². The Hall–Kier alpha value is -0.410. The minimum Gasteiger partial charge on any atom is -0.316 e. The van der Waals surface area contributed by atoms with Gasteiger partial charge in [0.25, 0.3) is 0 Å². The van der Waals surface area contributed by atoms with Gasteiger partial charge < -0.3 is 5.32 Å². The van der Waals surface area contributed by atoms with Crippen molar-refractivity contribution in [2.75, 3.05) is 13.1 Å². The van der Waals surface area contributed by atoms with Crippen LogP contribution in [0.2, 0.25) is 0 Å². The van der Waals surface area contributed by atoms with Crippen molar-refractivity contribution in [3.05, 3.63) is 34.1 Å². The number of halogens is 2. The quantitative estimate of drug-likeness (QED) is 0.761. The molecule has 3 heteroatoms. The van der Waals surface area contributed by atoms with Gasteiger partial charge in [-0.1, -0.05) is 31.9 Å². The van der Waals surface area contributed by atoms with Crippen LogP contribution < -0.4 is 5.32 Å². The van der Waals surface area contributed by atoms with E-state index in [1.54, 1.807) is 6.07 Å². The van der Waals surface area contributed by atoms with E-state index in [2.05, 4.69) is 28.2 Å². The summed E-state index contributed by atoms with van der Waals surface area (Å²) in [5, 5.41) is 3.50. The molecule has 1 nitrogen and oxygen atoms in total. The van der Waals surface area contributed by atoms with Gasteiger partial charge in [0.05, 0.1) is 4.47 Å². The Bertz CT molecular complexity index is 408. The molecule has 1 saturated carbocycles. The molecule has 2 unspecified atom stereocenters. The molecule has 2 rings (SSSR count). The molecule has 0 radical (unpaired) electrons. The highest BCUT2D eigenvalue weighted by Crippen LogP contribution is 2.39. The molecule has 1 aromatic rings. The molecular formula is C16H23BrFN. The van der Waals surface area contributed by atoms with E-state index in [4.69, 9.17) is 0 Å². The normalized spacial score (nSPS) is 23.5. The SMILES string of the molecule is CCCNCC1CCCCC1c1cccc(Br)c1F. The topological polar surface area (TPSA) is 12.0 Å². The standard InChI is InChI=1S/C16H23BrFN/c1-2-10-19-11-12-6-3-4-7-13(12)14-8-5-9-15(17)16(14)18/h5,8-9,12-13,19H,2-4,6-7,10-11H2,1H3. The molecule has 106 valence electrons. The van der Waals surface area contributed by atoms with Crippen molar-refractivity contribution in [1.29, 1.82) is 0 Å². The Balaban J connectivity index is 2.12.